The lowest BCUT2D eigenvalue weighted by Gasteiger charge is -2.14. The van der Waals surface area contributed by atoms with E-state index >= 15 is 0 Å². The Morgan fingerprint density at radius 3 is 2.93 bits per heavy atom. The molecule has 14 heavy (non-hydrogen) atoms. The molecule has 0 fully saturated rings. The lowest BCUT2D eigenvalue weighted by molar-refractivity contribution is 0.182. The largest absolute Gasteiger partial charge is 0.506 e. The summed E-state index contributed by atoms with van der Waals surface area (Å²) < 4.78 is 0. The molecule has 4 heteroatoms. The van der Waals surface area contributed by atoms with Crippen LogP contribution in [0.1, 0.15) is 5.56 Å². The van der Waals surface area contributed by atoms with Crippen molar-refractivity contribution in [2.75, 3.05) is 5.73 Å². The number of nitrogens with two attached hydrogens (primary N) is 1. The molecule has 2 rings (SSSR count). The normalized spacial score (nSPS) is 14.1. The number of allylic oxidation sites excluding steroid dienone is 2. The van der Waals surface area contributed by atoms with E-state index in [2.05, 4.69) is 5.48 Å². The van der Waals surface area contributed by atoms with Crippen molar-refractivity contribution >= 4 is 11.4 Å². The molecule has 1 aliphatic heterocycles. The maximum Gasteiger partial charge on any atom is 0.139 e. The maximum atomic E-state index is 9.39. The van der Waals surface area contributed by atoms with Gasteiger partial charge in [-0.05, 0) is 18.2 Å². The molecule has 4 N–H and O–H groups in total. The van der Waals surface area contributed by atoms with Crippen LogP contribution in [0.5, 0.6) is 5.75 Å². The number of phenolic OH excluding ortho intramolecular Hbond substituents is 1. The van der Waals surface area contributed by atoms with Crippen molar-refractivity contribution in [2.24, 2.45) is 0 Å². The second-order valence-electron chi connectivity index (χ2n) is 2.87. The third kappa shape index (κ3) is 1.37. The van der Waals surface area contributed by atoms with Crippen LogP contribution in [0.4, 0.5) is 5.69 Å². The average Bonchev–Trinajstić information content (AvgIpc) is 2.23. The van der Waals surface area contributed by atoms with Crippen LogP contribution in [0, 0.1) is 0 Å². The van der Waals surface area contributed by atoms with Crippen LogP contribution in [-0.2, 0) is 4.84 Å². The second kappa shape index (κ2) is 3.33. The predicted octanol–water partition coefficient (Wildman–Crippen LogP) is 1.36. The summed E-state index contributed by atoms with van der Waals surface area (Å²) in [5, 5.41) is 9.39. The molecule has 1 aromatic rings. The molecule has 1 heterocycles. The Morgan fingerprint density at radius 1 is 1.36 bits per heavy atom. The third-order valence-corrected chi connectivity index (χ3v) is 1.95. The summed E-state index contributed by atoms with van der Waals surface area (Å²) in [6.45, 7) is 0. The highest BCUT2D eigenvalue weighted by Gasteiger charge is 2.09. The van der Waals surface area contributed by atoms with Crippen molar-refractivity contribution in [2.45, 2.75) is 0 Å². The highest BCUT2D eigenvalue weighted by Crippen LogP contribution is 2.28. The van der Waals surface area contributed by atoms with Gasteiger partial charge in [-0.3, -0.25) is 0 Å². The molecule has 72 valence electrons. The Labute approximate surface area is 81.3 Å². The van der Waals surface area contributed by atoms with E-state index in [1.54, 1.807) is 24.3 Å². The van der Waals surface area contributed by atoms with Gasteiger partial charge < -0.3 is 15.7 Å². The van der Waals surface area contributed by atoms with Gasteiger partial charge in [0.05, 0.1) is 11.4 Å². The fourth-order valence-corrected chi connectivity index (χ4v) is 1.24. The number of phenols is 1. The molecule has 4 nitrogen and oxygen atoms in total. The van der Waals surface area contributed by atoms with Crippen molar-refractivity contribution in [3.63, 3.8) is 0 Å². The number of benzene rings is 1. The second-order valence-corrected chi connectivity index (χ2v) is 2.87. The fourth-order valence-electron chi connectivity index (χ4n) is 1.24. The Morgan fingerprint density at radius 2 is 2.21 bits per heavy atom. The lowest BCUT2D eigenvalue weighted by atomic mass is 10.1. The van der Waals surface area contributed by atoms with E-state index in [9.17, 15) is 5.11 Å². The topological polar surface area (TPSA) is 67.5 Å². The number of hydroxylamine groups is 1. The van der Waals surface area contributed by atoms with Gasteiger partial charge >= 0.3 is 0 Å². The zero-order valence-electron chi connectivity index (χ0n) is 7.40. The Hall–Kier alpha value is -2.10. The Bertz CT molecular complexity index is 411. The minimum Gasteiger partial charge on any atom is -0.506 e. The van der Waals surface area contributed by atoms with E-state index in [1.165, 1.54) is 6.26 Å². The van der Waals surface area contributed by atoms with Gasteiger partial charge in [-0.25, -0.2) is 5.48 Å². The van der Waals surface area contributed by atoms with Crippen LogP contribution in [0.2, 0.25) is 0 Å². The number of nitrogens with one attached hydrogen (secondary N) is 1. The van der Waals surface area contributed by atoms with Gasteiger partial charge in [0.1, 0.15) is 12.0 Å². The summed E-state index contributed by atoms with van der Waals surface area (Å²) in [7, 11) is 0. The van der Waals surface area contributed by atoms with Gasteiger partial charge in [0.15, 0.2) is 0 Å². The highest BCUT2D eigenvalue weighted by atomic mass is 16.6. The average molecular weight is 190 g/mol. The number of nitrogen functional groups attached to an aromatic ring is 1. The predicted molar refractivity (Wildman–Crippen MR) is 53.9 cm³/mol. The van der Waals surface area contributed by atoms with Crippen LogP contribution in [0.15, 0.2) is 36.6 Å². The van der Waals surface area contributed by atoms with E-state index in [0.717, 1.165) is 5.70 Å². The molecule has 1 aliphatic rings. The summed E-state index contributed by atoms with van der Waals surface area (Å²) in [4.78, 5) is 4.90. The summed E-state index contributed by atoms with van der Waals surface area (Å²) in [6.07, 6.45) is 5.08. The first-order valence-corrected chi connectivity index (χ1v) is 4.15. The SMILES string of the molecule is Nc1c(O)cccc1C1=CC=CON1. The van der Waals surface area contributed by atoms with Gasteiger partial charge in [-0.1, -0.05) is 12.1 Å². The summed E-state index contributed by atoms with van der Waals surface area (Å²) in [6, 6.07) is 5.07. The minimum absolute atomic E-state index is 0.0692. The van der Waals surface area contributed by atoms with Crippen molar-refractivity contribution in [1.82, 2.24) is 5.48 Å². The summed E-state index contributed by atoms with van der Waals surface area (Å²) >= 11 is 0. The van der Waals surface area contributed by atoms with Crippen LogP contribution < -0.4 is 11.2 Å². The molecule has 0 unspecified atom stereocenters. The first-order chi connectivity index (χ1) is 6.79. The first-order valence-electron chi connectivity index (χ1n) is 4.15. The molecule has 0 radical (unpaired) electrons. The summed E-state index contributed by atoms with van der Waals surface area (Å²) in [5.74, 6) is 0.0692. The van der Waals surface area contributed by atoms with Gasteiger partial charge in [0.25, 0.3) is 0 Å². The maximum absolute atomic E-state index is 9.39. The number of hydrogen-bond acceptors (Lipinski definition) is 4. The van der Waals surface area contributed by atoms with Gasteiger partial charge in [0.2, 0.25) is 0 Å². The molecule has 0 saturated carbocycles. The molecular weight excluding hydrogens is 180 g/mol. The highest BCUT2D eigenvalue weighted by molar-refractivity contribution is 5.78. The van der Waals surface area contributed by atoms with Crippen molar-refractivity contribution < 1.29 is 9.94 Å². The number of anilines is 1. The zero-order chi connectivity index (χ0) is 9.97. The number of para-hydroxylation sites is 1. The molecule has 1 aromatic carbocycles. The number of rotatable bonds is 1. The van der Waals surface area contributed by atoms with E-state index in [4.69, 9.17) is 10.6 Å². The molecule has 0 atom stereocenters. The smallest absolute Gasteiger partial charge is 0.139 e. The molecule has 0 aromatic heterocycles. The van der Waals surface area contributed by atoms with Crippen molar-refractivity contribution in [1.29, 1.82) is 0 Å². The Balaban J connectivity index is 2.45. The van der Waals surface area contributed by atoms with Gasteiger partial charge in [0, 0.05) is 5.56 Å². The van der Waals surface area contributed by atoms with Crippen LogP contribution in [-0.4, -0.2) is 5.11 Å². The van der Waals surface area contributed by atoms with Gasteiger partial charge in [-0.2, -0.15) is 0 Å². The molecule has 0 amide bonds. The van der Waals surface area contributed by atoms with Crippen LogP contribution in [0.25, 0.3) is 5.70 Å². The third-order valence-electron chi connectivity index (χ3n) is 1.95. The Kier molecular flexibility index (Phi) is 2.02. The fraction of sp³-hybridized carbons (Fsp3) is 0. The standard InChI is InChI=1S/C10H10N2O2/c11-10-7(3-1-5-9(10)13)8-4-2-6-14-12-8/h1-6,12-13H,11H2. The van der Waals surface area contributed by atoms with Crippen LogP contribution >= 0.6 is 0 Å². The van der Waals surface area contributed by atoms with E-state index in [-0.39, 0.29) is 5.75 Å². The first kappa shape index (κ1) is 8.50. The van der Waals surface area contributed by atoms with Crippen molar-refractivity contribution in [3.05, 3.63) is 42.2 Å². The molecule has 0 saturated heterocycles. The molecule has 0 aliphatic carbocycles. The summed E-state index contributed by atoms with van der Waals surface area (Å²) in [5.41, 5.74) is 10.2. The molecule has 0 bridgehead atoms. The zero-order valence-corrected chi connectivity index (χ0v) is 7.40. The lowest BCUT2D eigenvalue weighted by Crippen LogP contribution is -2.13. The minimum atomic E-state index is 0.0692. The van der Waals surface area contributed by atoms with Gasteiger partial charge in [-0.15, -0.1) is 0 Å². The molecular formula is C10H10N2O2. The van der Waals surface area contributed by atoms with E-state index < -0.39 is 0 Å². The van der Waals surface area contributed by atoms with E-state index in [1.807, 2.05) is 6.08 Å². The quantitative estimate of drug-likeness (QED) is 0.462. The monoisotopic (exact) mass is 190 g/mol. The molecule has 0 spiro atoms. The van der Waals surface area contributed by atoms with Crippen molar-refractivity contribution in [3.8, 4) is 5.75 Å². The van der Waals surface area contributed by atoms with E-state index in [0.29, 0.717) is 11.3 Å². The number of hydrogen-bond donors (Lipinski definition) is 3. The van der Waals surface area contributed by atoms with Crippen LogP contribution in [0.3, 0.4) is 0 Å². The number of aromatic hydroxyl groups is 1.